The Morgan fingerprint density at radius 2 is 2.11 bits per heavy atom. The Morgan fingerprint density at radius 1 is 1.33 bits per heavy atom. The van der Waals surface area contributed by atoms with E-state index in [9.17, 15) is 4.79 Å². The van der Waals surface area contributed by atoms with Crippen molar-refractivity contribution in [2.24, 2.45) is 16.6 Å². The molecular weight excluding hydrogens is 455 g/mol. The monoisotopic (exact) mass is 486 g/mol. The number of primary amides is 1. The summed E-state index contributed by atoms with van der Waals surface area (Å²) < 4.78 is 0. The molecule has 2 saturated heterocycles. The van der Waals surface area contributed by atoms with Crippen LogP contribution in [0.5, 0.6) is 0 Å². The number of hydrogen-bond acceptors (Lipinski definition) is 4. The van der Waals surface area contributed by atoms with Gasteiger partial charge in [0.05, 0.1) is 0 Å². The van der Waals surface area contributed by atoms with Crippen molar-refractivity contribution in [3.8, 4) is 0 Å². The highest BCUT2D eigenvalue weighted by Crippen LogP contribution is 2.20. The molecule has 0 aliphatic carbocycles. The zero-order chi connectivity index (χ0) is 18.4. The molecule has 2 aliphatic rings. The van der Waals surface area contributed by atoms with E-state index in [0.717, 1.165) is 50.8 Å². The number of carbonyl (C=O) groups excluding carboxylic acids is 1. The maximum atomic E-state index is 11.2. The molecule has 8 heteroatoms. The van der Waals surface area contributed by atoms with E-state index in [-0.39, 0.29) is 29.9 Å². The predicted molar refractivity (Wildman–Crippen MR) is 119 cm³/mol. The normalized spacial score (nSPS) is 20.3. The molecule has 1 atom stereocenters. The number of rotatable bonds is 5. The fourth-order valence-corrected chi connectivity index (χ4v) is 3.91. The lowest BCUT2D eigenvalue weighted by Gasteiger charge is -2.34. The fraction of sp³-hybridized carbons (Fsp3) is 0.632. The molecule has 150 valence electrons. The lowest BCUT2D eigenvalue weighted by atomic mass is 9.95. The van der Waals surface area contributed by atoms with Crippen molar-refractivity contribution in [1.29, 1.82) is 0 Å². The van der Waals surface area contributed by atoms with Gasteiger partial charge in [-0.25, -0.2) is 4.98 Å². The van der Waals surface area contributed by atoms with Gasteiger partial charge in [0.25, 0.3) is 0 Å². The molecule has 1 aromatic heterocycles. The number of carbonyl (C=O) groups is 1. The number of hydrogen-bond donors (Lipinski definition) is 2. The molecule has 1 aromatic rings. The van der Waals surface area contributed by atoms with Gasteiger partial charge in [-0.15, -0.1) is 24.0 Å². The van der Waals surface area contributed by atoms with Crippen molar-refractivity contribution in [2.45, 2.75) is 38.6 Å². The Morgan fingerprint density at radius 3 is 2.81 bits per heavy atom. The number of aromatic nitrogens is 1. The molecule has 3 heterocycles. The number of likely N-dealkylation sites (tertiary alicyclic amines) is 1. The molecule has 2 aliphatic heterocycles. The first-order valence-electron chi connectivity index (χ1n) is 9.59. The van der Waals surface area contributed by atoms with Crippen LogP contribution in [0.3, 0.4) is 0 Å². The lowest BCUT2D eigenvalue weighted by molar-refractivity contribution is -0.119. The van der Waals surface area contributed by atoms with E-state index in [1.54, 1.807) is 0 Å². The number of piperidine rings is 1. The van der Waals surface area contributed by atoms with E-state index in [2.05, 4.69) is 31.2 Å². The van der Waals surface area contributed by atoms with Crippen LogP contribution in [-0.4, -0.2) is 55.0 Å². The molecule has 27 heavy (non-hydrogen) atoms. The maximum absolute atomic E-state index is 11.2. The SMILES string of the molecule is CN=C(NCc1ccnc(N2CCCC2)c1)N1CCCC(CC(N)=O)C1.I. The summed E-state index contributed by atoms with van der Waals surface area (Å²) in [6.07, 6.45) is 6.96. The first-order valence-corrected chi connectivity index (χ1v) is 9.59. The van der Waals surface area contributed by atoms with Crippen LogP contribution in [0.2, 0.25) is 0 Å². The average molecular weight is 486 g/mol. The van der Waals surface area contributed by atoms with Crippen molar-refractivity contribution in [3.05, 3.63) is 23.9 Å². The predicted octanol–water partition coefficient (Wildman–Crippen LogP) is 1.96. The van der Waals surface area contributed by atoms with Gasteiger partial charge in [-0.3, -0.25) is 9.79 Å². The lowest BCUT2D eigenvalue weighted by Crippen LogP contribution is -2.46. The summed E-state index contributed by atoms with van der Waals surface area (Å²) >= 11 is 0. The Labute approximate surface area is 178 Å². The number of anilines is 1. The molecule has 1 unspecified atom stereocenters. The number of nitrogens with one attached hydrogen (secondary N) is 1. The molecule has 0 saturated carbocycles. The average Bonchev–Trinajstić information content (AvgIpc) is 3.17. The first-order chi connectivity index (χ1) is 12.7. The molecule has 0 aromatic carbocycles. The second kappa shape index (κ2) is 10.7. The third-order valence-corrected chi connectivity index (χ3v) is 5.21. The second-order valence-electron chi connectivity index (χ2n) is 7.24. The molecule has 3 N–H and O–H groups in total. The molecule has 0 bridgehead atoms. The molecule has 7 nitrogen and oxygen atoms in total. The summed E-state index contributed by atoms with van der Waals surface area (Å²) in [5.74, 6) is 2.06. The third kappa shape index (κ3) is 6.22. The summed E-state index contributed by atoms with van der Waals surface area (Å²) in [5.41, 5.74) is 6.57. The highest BCUT2D eigenvalue weighted by Gasteiger charge is 2.23. The summed E-state index contributed by atoms with van der Waals surface area (Å²) in [4.78, 5) is 24.7. The number of amides is 1. The van der Waals surface area contributed by atoms with Crippen LogP contribution in [-0.2, 0) is 11.3 Å². The second-order valence-corrected chi connectivity index (χ2v) is 7.24. The van der Waals surface area contributed by atoms with E-state index in [1.807, 2.05) is 19.3 Å². The summed E-state index contributed by atoms with van der Waals surface area (Å²) in [7, 11) is 1.81. The van der Waals surface area contributed by atoms with E-state index >= 15 is 0 Å². The number of nitrogens with zero attached hydrogens (tertiary/aromatic N) is 4. The number of nitrogens with two attached hydrogens (primary N) is 1. The van der Waals surface area contributed by atoms with Crippen molar-refractivity contribution in [3.63, 3.8) is 0 Å². The zero-order valence-corrected chi connectivity index (χ0v) is 18.4. The highest BCUT2D eigenvalue weighted by molar-refractivity contribution is 14.0. The topological polar surface area (TPSA) is 86.8 Å². The number of pyridine rings is 1. The van der Waals surface area contributed by atoms with Gasteiger partial charge in [0.2, 0.25) is 5.91 Å². The largest absolute Gasteiger partial charge is 0.370 e. The molecule has 2 fully saturated rings. The standard InChI is InChI=1S/C19H30N6O.HI/c1-21-19(25-10-4-5-16(14-25)11-17(20)26)23-13-15-6-7-22-18(12-15)24-8-2-3-9-24;/h6-7,12,16H,2-5,8-11,13-14H2,1H3,(H2,20,26)(H,21,23);1H. The van der Waals surface area contributed by atoms with Crippen molar-refractivity contribution >= 4 is 41.7 Å². The zero-order valence-electron chi connectivity index (χ0n) is 16.1. The Hall–Kier alpha value is -1.58. The quantitative estimate of drug-likeness (QED) is 0.378. The van der Waals surface area contributed by atoms with Crippen LogP contribution < -0.4 is 16.0 Å². The van der Waals surface area contributed by atoms with Crippen LogP contribution in [0, 0.1) is 5.92 Å². The maximum Gasteiger partial charge on any atom is 0.217 e. The molecule has 1 amide bonds. The van der Waals surface area contributed by atoms with E-state index in [0.29, 0.717) is 18.9 Å². The molecule has 3 rings (SSSR count). The number of guanidine groups is 1. The third-order valence-electron chi connectivity index (χ3n) is 5.21. The van der Waals surface area contributed by atoms with Gasteiger partial charge >= 0.3 is 0 Å². The highest BCUT2D eigenvalue weighted by atomic mass is 127. The fourth-order valence-electron chi connectivity index (χ4n) is 3.91. The molecular formula is C19H31IN6O. The van der Waals surface area contributed by atoms with Gasteiger partial charge in [-0.05, 0) is 49.3 Å². The van der Waals surface area contributed by atoms with Crippen LogP contribution in [0.25, 0.3) is 0 Å². The molecule has 0 radical (unpaired) electrons. The molecule has 0 spiro atoms. The minimum Gasteiger partial charge on any atom is -0.370 e. The summed E-state index contributed by atoms with van der Waals surface area (Å²) in [5, 5.41) is 3.46. The van der Waals surface area contributed by atoms with E-state index in [4.69, 9.17) is 5.73 Å². The van der Waals surface area contributed by atoms with Gasteiger partial charge in [0, 0.05) is 52.4 Å². The van der Waals surface area contributed by atoms with Crippen LogP contribution in [0.15, 0.2) is 23.3 Å². The minimum atomic E-state index is -0.217. The van der Waals surface area contributed by atoms with Crippen LogP contribution in [0.4, 0.5) is 5.82 Å². The van der Waals surface area contributed by atoms with Crippen molar-refractivity contribution < 1.29 is 4.79 Å². The van der Waals surface area contributed by atoms with E-state index in [1.165, 1.54) is 18.4 Å². The van der Waals surface area contributed by atoms with Crippen LogP contribution in [0.1, 0.15) is 37.7 Å². The van der Waals surface area contributed by atoms with Gasteiger partial charge in [-0.1, -0.05) is 0 Å². The van der Waals surface area contributed by atoms with Gasteiger partial charge < -0.3 is 20.9 Å². The number of aliphatic imine (C=N–C) groups is 1. The number of halogens is 1. The van der Waals surface area contributed by atoms with Crippen molar-refractivity contribution in [2.75, 3.05) is 38.1 Å². The van der Waals surface area contributed by atoms with Gasteiger partial charge in [0.1, 0.15) is 5.82 Å². The van der Waals surface area contributed by atoms with E-state index < -0.39 is 0 Å². The minimum absolute atomic E-state index is 0. The van der Waals surface area contributed by atoms with Crippen LogP contribution >= 0.6 is 24.0 Å². The Kier molecular flexibility index (Phi) is 8.59. The Balaban J connectivity index is 0.00000261. The van der Waals surface area contributed by atoms with Crippen molar-refractivity contribution in [1.82, 2.24) is 15.2 Å². The van der Waals surface area contributed by atoms with Gasteiger partial charge in [0.15, 0.2) is 5.96 Å². The summed E-state index contributed by atoms with van der Waals surface area (Å²) in [6, 6.07) is 4.21. The Bertz CT molecular complexity index is 647. The first kappa shape index (κ1) is 21.7. The van der Waals surface area contributed by atoms with Gasteiger partial charge in [-0.2, -0.15) is 0 Å². The summed E-state index contributed by atoms with van der Waals surface area (Å²) in [6.45, 7) is 4.70. The smallest absolute Gasteiger partial charge is 0.217 e.